The van der Waals surface area contributed by atoms with E-state index in [0.29, 0.717) is 17.8 Å². The molecule has 2 rings (SSSR count). The van der Waals surface area contributed by atoms with Crippen molar-refractivity contribution in [2.24, 2.45) is 5.73 Å². The van der Waals surface area contributed by atoms with Crippen molar-refractivity contribution < 1.29 is 8.42 Å². The summed E-state index contributed by atoms with van der Waals surface area (Å²) in [5.41, 5.74) is 8.72. The van der Waals surface area contributed by atoms with E-state index in [1.807, 2.05) is 25.1 Å². The summed E-state index contributed by atoms with van der Waals surface area (Å²) in [7, 11) is -3.58. The lowest BCUT2D eigenvalue weighted by Gasteiger charge is -2.11. The van der Waals surface area contributed by atoms with Crippen LogP contribution in [-0.2, 0) is 23.1 Å². The highest BCUT2D eigenvalue weighted by Gasteiger charge is 2.17. The lowest BCUT2D eigenvalue weighted by molar-refractivity contribution is 0.579. The molecule has 6 heteroatoms. The zero-order valence-electron chi connectivity index (χ0n) is 12.1. The minimum atomic E-state index is -3.58. The molecule has 0 amide bonds. The fourth-order valence-electron chi connectivity index (χ4n) is 2.01. The van der Waals surface area contributed by atoms with Gasteiger partial charge in [-0.25, -0.2) is 13.1 Å². The number of nitrogens with zero attached hydrogens (tertiary/aromatic N) is 1. The summed E-state index contributed by atoms with van der Waals surface area (Å²) >= 11 is 0. The molecule has 2 aromatic rings. The SMILES string of the molecule is Cc1ccc(CN)cc1S(=O)(=O)NCc1ncccc1C. The standard InChI is InChI=1S/C15H19N3O2S/c1-11-4-3-7-17-14(11)10-18-21(19,20)15-8-13(9-16)6-5-12(15)2/h3-8,18H,9-10,16H2,1-2H3. The van der Waals surface area contributed by atoms with Gasteiger partial charge in [0.25, 0.3) is 0 Å². The molecule has 1 aromatic carbocycles. The van der Waals surface area contributed by atoms with Gasteiger partial charge in [0, 0.05) is 12.7 Å². The number of nitrogens with one attached hydrogen (secondary N) is 1. The first-order valence-corrected chi connectivity index (χ1v) is 8.12. The predicted octanol–water partition coefficient (Wildman–Crippen LogP) is 1.64. The Balaban J connectivity index is 2.25. The second-order valence-electron chi connectivity index (χ2n) is 4.90. The number of hydrogen-bond donors (Lipinski definition) is 2. The molecular weight excluding hydrogens is 286 g/mol. The number of aromatic nitrogens is 1. The van der Waals surface area contributed by atoms with Crippen LogP contribution >= 0.6 is 0 Å². The smallest absolute Gasteiger partial charge is 0.241 e. The van der Waals surface area contributed by atoms with Gasteiger partial charge in [0.1, 0.15) is 0 Å². The van der Waals surface area contributed by atoms with Gasteiger partial charge in [-0.15, -0.1) is 0 Å². The van der Waals surface area contributed by atoms with Gasteiger partial charge < -0.3 is 5.73 Å². The summed E-state index contributed by atoms with van der Waals surface area (Å²) in [4.78, 5) is 4.45. The average Bonchev–Trinajstić information content (AvgIpc) is 2.47. The minimum absolute atomic E-state index is 0.168. The summed E-state index contributed by atoms with van der Waals surface area (Å²) in [6, 6.07) is 8.93. The van der Waals surface area contributed by atoms with Crippen LogP contribution in [-0.4, -0.2) is 13.4 Å². The summed E-state index contributed by atoms with van der Waals surface area (Å²) in [6.45, 7) is 4.14. The summed E-state index contributed by atoms with van der Waals surface area (Å²) in [6.07, 6.45) is 1.65. The highest BCUT2D eigenvalue weighted by Crippen LogP contribution is 2.17. The number of nitrogens with two attached hydrogens (primary N) is 1. The lowest BCUT2D eigenvalue weighted by Crippen LogP contribution is -2.25. The Morgan fingerprint density at radius 3 is 2.62 bits per heavy atom. The number of benzene rings is 1. The van der Waals surface area contributed by atoms with Crippen molar-refractivity contribution in [3.05, 3.63) is 58.9 Å². The highest BCUT2D eigenvalue weighted by molar-refractivity contribution is 7.89. The van der Waals surface area contributed by atoms with E-state index in [9.17, 15) is 8.42 Å². The van der Waals surface area contributed by atoms with E-state index < -0.39 is 10.0 Å². The third-order valence-corrected chi connectivity index (χ3v) is 4.87. The van der Waals surface area contributed by atoms with Crippen molar-refractivity contribution in [2.45, 2.75) is 31.8 Å². The number of aryl methyl sites for hydroxylation is 2. The first kappa shape index (κ1) is 15.6. The van der Waals surface area contributed by atoms with E-state index in [1.54, 1.807) is 25.3 Å². The van der Waals surface area contributed by atoms with Gasteiger partial charge >= 0.3 is 0 Å². The van der Waals surface area contributed by atoms with E-state index in [0.717, 1.165) is 11.1 Å². The fourth-order valence-corrected chi connectivity index (χ4v) is 3.29. The molecule has 0 radical (unpaired) electrons. The van der Waals surface area contributed by atoms with Crippen molar-refractivity contribution in [1.29, 1.82) is 0 Å². The molecule has 0 bridgehead atoms. The van der Waals surface area contributed by atoms with Crippen LogP contribution in [0.3, 0.4) is 0 Å². The Morgan fingerprint density at radius 1 is 1.19 bits per heavy atom. The van der Waals surface area contributed by atoms with Gasteiger partial charge in [-0.2, -0.15) is 0 Å². The number of sulfonamides is 1. The van der Waals surface area contributed by atoms with E-state index in [2.05, 4.69) is 9.71 Å². The molecule has 0 aliphatic rings. The second-order valence-corrected chi connectivity index (χ2v) is 6.63. The molecule has 0 spiro atoms. The van der Waals surface area contributed by atoms with Gasteiger partial charge in [-0.05, 0) is 42.7 Å². The molecule has 0 aliphatic carbocycles. The zero-order valence-corrected chi connectivity index (χ0v) is 12.9. The molecule has 21 heavy (non-hydrogen) atoms. The Hall–Kier alpha value is -1.76. The second kappa shape index (κ2) is 6.34. The molecular formula is C15H19N3O2S. The summed E-state index contributed by atoms with van der Waals surface area (Å²) < 4.78 is 27.4. The van der Waals surface area contributed by atoms with Gasteiger partial charge in [0.2, 0.25) is 10.0 Å². The van der Waals surface area contributed by atoms with Crippen LogP contribution in [0.25, 0.3) is 0 Å². The van der Waals surface area contributed by atoms with Crippen LogP contribution in [0.2, 0.25) is 0 Å². The van der Waals surface area contributed by atoms with Crippen LogP contribution in [0.15, 0.2) is 41.4 Å². The molecule has 5 nitrogen and oxygen atoms in total. The zero-order chi connectivity index (χ0) is 15.5. The molecule has 3 N–H and O–H groups in total. The maximum Gasteiger partial charge on any atom is 0.241 e. The molecule has 0 saturated heterocycles. The maximum absolute atomic E-state index is 12.4. The number of pyridine rings is 1. The van der Waals surface area contributed by atoms with E-state index >= 15 is 0 Å². The Bertz CT molecular complexity index is 742. The normalized spacial score (nSPS) is 11.6. The summed E-state index contributed by atoms with van der Waals surface area (Å²) in [5.74, 6) is 0. The number of hydrogen-bond acceptors (Lipinski definition) is 4. The molecule has 1 aromatic heterocycles. The Labute approximate surface area is 125 Å². The monoisotopic (exact) mass is 305 g/mol. The van der Waals surface area contributed by atoms with Crippen LogP contribution < -0.4 is 10.5 Å². The van der Waals surface area contributed by atoms with Gasteiger partial charge in [0.05, 0.1) is 17.1 Å². The predicted molar refractivity (Wildman–Crippen MR) is 82.1 cm³/mol. The molecule has 0 unspecified atom stereocenters. The van der Waals surface area contributed by atoms with Crippen LogP contribution in [0.5, 0.6) is 0 Å². The first-order chi connectivity index (χ1) is 9.94. The van der Waals surface area contributed by atoms with Gasteiger partial charge in [0.15, 0.2) is 0 Å². The third-order valence-electron chi connectivity index (χ3n) is 3.33. The third kappa shape index (κ3) is 3.66. The molecule has 112 valence electrons. The summed E-state index contributed by atoms with van der Waals surface area (Å²) in [5, 5.41) is 0. The van der Waals surface area contributed by atoms with Crippen LogP contribution in [0.4, 0.5) is 0 Å². The number of rotatable bonds is 5. The lowest BCUT2D eigenvalue weighted by atomic mass is 10.1. The first-order valence-electron chi connectivity index (χ1n) is 6.64. The molecule has 0 saturated carbocycles. The van der Waals surface area contributed by atoms with E-state index in [-0.39, 0.29) is 11.4 Å². The molecule has 0 atom stereocenters. The fraction of sp³-hybridized carbons (Fsp3) is 0.267. The maximum atomic E-state index is 12.4. The van der Waals surface area contributed by atoms with Crippen LogP contribution in [0.1, 0.15) is 22.4 Å². The largest absolute Gasteiger partial charge is 0.326 e. The molecule has 0 aliphatic heterocycles. The van der Waals surface area contributed by atoms with Crippen molar-refractivity contribution in [1.82, 2.24) is 9.71 Å². The van der Waals surface area contributed by atoms with Crippen molar-refractivity contribution in [2.75, 3.05) is 0 Å². The highest BCUT2D eigenvalue weighted by atomic mass is 32.2. The van der Waals surface area contributed by atoms with Gasteiger partial charge in [-0.3, -0.25) is 4.98 Å². The molecule has 1 heterocycles. The Morgan fingerprint density at radius 2 is 1.95 bits per heavy atom. The van der Waals surface area contributed by atoms with Crippen molar-refractivity contribution in [3.8, 4) is 0 Å². The van der Waals surface area contributed by atoms with E-state index in [1.165, 1.54) is 0 Å². The quantitative estimate of drug-likeness (QED) is 0.879. The van der Waals surface area contributed by atoms with Crippen molar-refractivity contribution >= 4 is 10.0 Å². The molecule has 0 fully saturated rings. The minimum Gasteiger partial charge on any atom is -0.326 e. The van der Waals surface area contributed by atoms with E-state index in [4.69, 9.17) is 5.73 Å². The average molecular weight is 305 g/mol. The van der Waals surface area contributed by atoms with Crippen molar-refractivity contribution in [3.63, 3.8) is 0 Å². The van der Waals surface area contributed by atoms with Crippen LogP contribution in [0, 0.1) is 13.8 Å². The van der Waals surface area contributed by atoms with Gasteiger partial charge in [-0.1, -0.05) is 18.2 Å². The Kier molecular flexibility index (Phi) is 4.72. The topological polar surface area (TPSA) is 85.1 Å².